The van der Waals surface area contributed by atoms with Crippen molar-refractivity contribution in [2.75, 3.05) is 23.9 Å². The number of rotatable bonds is 6. The molecular formula is C20H20N2O5. The van der Waals surface area contributed by atoms with Crippen LogP contribution in [0.1, 0.15) is 23.7 Å². The van der Waals surface area contributed by atoms with Gasteiger partial charge in [0.2, 0.25) is 5.91 Å². The topological polar surface area (TPSA) is 84.9 Å². The minimum Gasteiger partial charge on any atom is -0.497 e. The summed E-state index contributed by atoms with van der Waals surface area (Å²) in [6, 6.07) is 12.7. The number of amides is 2. The van der Waals surface area contributed by atoms with Crippen LogP contribution in [0.15, 0.2) is 48.5 Å². The number of carbonyl (C=O) groups excluding carboxylic acids is 3. The van der Waals surface area contributed by atoms with Gasteiger partial charge in [0.25, 0.3) is 5.91 Å². The molecule has 1 aliphatic rings. The van der Waals surface area contributed by atoms with E-state index in [-0.39, 0.29) is 24.8 Å². The maximum atomic E-state index is 12.7. The summed E-state index contributed by atoms with van der Waals surface area (Å²) in [5.41, 5.74) is 1.52. The van der Waals surface area contributed by atoms with Crippen LogP contribution in [0.4, 0.5) is 11.4 Å². The number of hydrogen-bond donors (Lipinski definition) is 1. The molecule has 140 valence electrons. The molecule has 2 aromatic rings. The monoisotopic (exact) mass is 368 g/mol. The molecule has 1 heterocycles. The first-order valence-electron chi connectivity index (χ1n) is 8.58. The van der Waals surface area contributed by atoms with Crippen molar-refractivity contribution in [1.82, 2.24) is 0 Å². The van der Waals surface area contributed by atoms with Crippen LogP contribution < -0.4 is 15.0 Å². The molecule has 0 spiro atoms. The Hall–Kier alpha value is -3.35. The van der Waals surface area contributed by atoms with Crippen LogP contribution >= 0.6 is 0 Å². The third-order valence-corrected chi connectivity index (χ3v) is 4.21. The number of hydrogen-bond acceptors (Lipinski definition) is 6. The van der Waals surface area contributed by atoms with Gasteiger partial charge in [-0.1, -0.05) is 0 Å². The summed E-state index contributed by atoms with van der Waals surface area (Å²) in [5.74, 6) is -0.366. The lowest BCUT2D eigenvalue weighted by Gasteiger charge is -2.16. The minimum absolute atomic E-state index is 0.0600. The summed E-state index contributed by atoms with van der Waals surface area (Å²) < 4.78 is 10.0. The normalized spacial score (nSPS) is 16.4. The Morgan fingerprint density at radius 1 is 1.11 bits per heavy atom. The highest BCUT2D eigenvalue weighted by atomic mass is 16.5. The van der Waals surface area contributed by atoms with Crippen LogP contribution in [0.5, 0.6) is 5.75 Å². The van der Waals surface area contributed by atoms with E-state index in [1.165, 1.54) is 12.1 Å². The van der Waals surface area contributed by atoms with E-state index in [4.69, 9.17) is 9.47 Å². The summed E-state index contributed by atoms with van der Waals surface area (Å²) in [4.78, 5) is 37.9. The number of ether oxygens (including phenoxy) is 2. The van der Waals surface area contributed by atoms with E-state index in [1.54, 1.807) is 50.4 Å². The first kappa shape index (κ1) is 18.4. The molecule has 0 unspecified atom stereocenters. The summed E-state index contributed by atoms with van der Waals surface area (Å²) in [7, 11) is 1.58. The smallest absolute Gasteiger partial charge is 0.338 e. The number of methoxy groups -OCH3 is 1. The highest BCUT2D eigenvalue weighted by Crippen LogP contribution is 2.26. The third kappa shape index (κ3) is 3.92. The van der Waals surface area contributed by atoms with Gasteiger partial charge in [-0.2, -0.15) is 0 Å². The standard InChI is InChI=1S/C20H20N2O5/c1-3-27-20(25)13-4-8-15(9-5-13)22-18(23)12-17(19(22)24)21-14-6-10-16(26-2)11-7-14/h4-11,17,21H,3,12H2,1-2H3/t17-/m1/s1. The van der Waals surface area contributed by atoms with Gasteiger partial charge in [0.15, 0.2) is 0 Å². The van der Waals surface area contributed by atoms with Gasteiger partial charge in [0.1, 0.15) is 11.8 Å². The van der Waals surface area contributed by atoms with E-state index in [0.29, 0.717) is 17.0 Å². The molecular weight excluding hydrogens is 348 g/mol. The first-order chi connectivity index (χ1) is 13.0. The fraction of sp³-hybridized carbons (Fsp3) is 0.250. The van der Waals surface area contributed by atoms with Crippen molar-refractivity contribution in [2.24, 2.45) is 0 Å². The van der Waals surface area contributed by atoms with E-state index < -0.39 is 12.0 Å². The molecule has 27 heavy (non-hydrogen) atoms. The van der Waals surface area contributed by atoms with Gasteiger partial charge in [-0.25, -0.2) is 9.69 Å². The number of imide groups is 1. The van der Waals surface area contributed by atoms with Gasteiger partial charge in [-0.15, -0.1) is 0 Å². The molecule has 1 saturated heterocycles. The second-order valence-corrected chi connectivity index (χ2v) is 5.96. The molecule has 3 rings (SSSR count). The number of esters is 1. The molecule has 0 aromatic heterocycles. The Labute approximate surface area is 156 Å². The second kappa shape index (κ2) is 7.90. The Bertz CT molecular complexity index is 846. The van der Waals surface area contributed by atoms with Gasteiger partial charge in [-0.05, 0) is 55.5 Å². The zero-order valence-electron chi connectivity index (χ0n) is 15.1. The van der Waals surface area contributed by atoms with E-state index >= 15 is 0 Å². The lowest BCUT2D eigenvalue weighted by molar-refractivity contribution is -0.121. The van der Waals surface area contributed by atoms with Gasteiger partial charge in [-0.3, -0.25) is 9.59 Å². The van der Waals surface area contributed by atoms with E-state index in [0.717, 1.165) is 10.6 Å². The molecule has 7 nitrogen and oxygen atoms in total. The van der Waals surface area contributed by atoms with Crippen molar-refractivity contribution in [1.29, 1.82) is 0 Å². The number of anilines is 2. The molecule has 1 N–H and O–H groups in total. The van der Waals surface area contributed by atoms with Crippen LogP contribution in [0.25, 0.3) is 0 Å². The SMILES string of the molecule is CCOC(=O)c1ccc(N2C(=O)C[C@@H](Nc3ccc(OC)cc3)C2=O)cc1. The molecule has 0 bridgehead atoms. The van der Waals surface area contributed by atoms with Crippen LogP contribution in [0.3, 0.4) is 0 Å². The molecule has 0 saturated carbocycles. The van der Waals surface area contributed by atoms with E-state index in [2.05, 4.69) is 5.32 Å². The van der Waals surface area contributed by atoms with Crippen molar-refractivity contribution >= 4 is 29.2 Å². The fourth-order valence-electron chi connectivity index (χ4n) is 2.87. The van der Waals surface area contributed by atoms with Gasteiger partial charge in [0, 0.05) is 5.69 Å². The fourth-order valence-corrected chi connectivity index (χ4v) is 2.87. The second-order valence-electron chi connectivity index (χ2n) is 5.96. The van der Waals surface area contributed by atoms with Crippen LogP contribution in [-0.2, 0) is 14.3 Å². The lowest BCUT2D eigenvalue weighted by Crippen LogP contribution is -2.34. The van der Waals surface area contributed by atoms with Crippen molar-refractivity contribution < 1.29 is 23.9 Å². The summed E-state index contributed by atoms with van der Waals surface area (Å²) in [6.07, 6.45) is 0.0600. The molecule has 2 aromatic carbocycles. The van der Waals surface area contributed by atoms with Crippen molar-refractivity contribution in [3.8, 4) is 5.75 Å². The number of nitrogens with zero attached hydrogens (tertiary/aromatic N) is 1. The maximum Gasteiger partial charge on any atom is 0.338 e. The molecule has 1 aliphatic heterocycles. The van der Waals surface area contributed by atoms with Crippen LogP contribution in [0, 0.1) is 0 Å². The number of benzene rings is 2. The molecule has 1 fully saturated rings. The molecule has 7 heteroatoms. The third-order valence-electron chi connectivity index (χ3n) is 4.21. The van der Waals surface area contributed by atoms with Crippen LogP contribution in [-0.4, -0.2) is 37.5 Å². The van der Waals surface area contributed by atoms with Crippen molar-refractivity contribution in [3.63, 3.8) is 0 Å². The minimum atomic E-state index is -0.643. The quantitative estimate of drug-likeness (QED) is 0.623. The van der Waals surface area contributed by atoms with Gasteiger partial charge >= 0.3 is 5.97 Å². The molecule has 0 aliphatic carbocycles. The highest BCUT2D eigenvalue weighted by Gasteiger charge is 2.39. The van der Waals surface area contributed by atoms with E-state index in [1.807, 2.05) is 0 Å². The van der Waals surface area contributed by atoms with Crippen molar-refractivity contribution in [3.05, 3.63) is 54.1 Å². The molecule has 2 amide bonds. The average Bonchev–Trinajstić information content (AvgIpc) is 2.96. The molecule has 1 atom stereocenters. The lowest BCUT2D eigenvalue weighted by atomic mass is 10.2. The van der Waals surface area contributed by atoms with E-state index in [9.17, 15) is 14.4 Å². The Morgan fingerprint density at radius 3 is 2.37 bits per heavy atom. The van der Waals surface area contributed by atoms with Gasteiger partial charge in [0.05, 0.1) is 31.4 Å². The Balaban J connectivity index is 1.72. The van der Waals surface area contributed by atoms with Gasteiger partial charge < -0.3 is 14.8 Å². The zero-order valence-corrected chi connectivity index (χ0v) is 15.1. The predicted octanol–water partition coefficient (Wildman–Crippen LogP) is 2.62. The first-order valence-corrected chi connectivity index (χ1v) is 8.58. The summed E-state index contributed by atoms with van der Waals surface area (Å²) in [5, 5.41) is 3.08. The number of carbonyl (C=O) groups is 3. The zero-order chi connectivity index (χ0) is 19.4. The Morgan fingerprint density at radius 2 is 1.78 bits per heavy atom. The predicted molar refractivity (Wildman–Crippen MR) is 99.9 cm³/mol. The van der Waals surface area contributed by atoms with Crippen molar-refractivity contribution in [2.45, 2.75) is 19.4 Å². The highest BCUT2D eigenvalue weighted by molar-refractivity contribution is 6.23. The summed E-state index contributed by atoms with van der Waals surface area (Å²) >= 11 is 0. The summed E-state index contributed by atoms with van der Waals surface area (Å²) in [6.45, 7) is 2.01. The molecule has 0 radical (unpaired) electrons. The van der Waals surface area contributed by atoms with Crippen LogP contribution in [0.2, 0.25) is 0 Å². The Kier molecular flexibility index (Phi) is 5.40. The maximum absolute atomic E-state index is 12.7. The average molecular weight is 368 g/mol. The number of nitrogens with one attached hydrogen (secondary N) is 1. The largest absolute Gasteiger partial charge is 0.497 e.